The Hall–Kier alpha value is -2.67. The van der Waals surface area contributed by atoms with Gasteiger partial charge in [0.25, 0.3) is 5.91 Å². The van der Waals surface area contributed by atoms with Gasteiger partial charge in [-0.25, -0.2) is 14.8 Å². The number of carbonyl (C=O) groups is 2. The molecule has 26 heavy (non-hydrogen) atoms. The summed E-state index contributed by atoms with van der Waals surface area (Å²) < 4.78 is 4.68. The van der Waals surface area contributed by atoms with Crippen molar-refractivity contribution in [2.75, 3.05) is 19.0 Å². The van der Waals surface area contributed by atoms with Gasteiger partial charge in [-0.15, -0.1) is 0 Å². The Balaban J connectivity index is 2.05. The molecule has 0 spiro atoms. The van der Waals surface area contributed by atoms with E-state index in [4.69, 9.17) is 11.6 Å². The third-order valence-corrected chi connectivity index (χ3v) is 3.88. The molecular formula is C18H21ClN4O3. The first-order chi connectivity index (χ1) is 12.4. The number of ether oxygens (including phenoxy) is 1. The summed E-state index contributed by atoms with van der Waals surface area (Å²) in [5.41, 5.74) is 1.18. The number of aromatic nitrogens is 2. The average molecular weight is 377 g/mol. The normalized spacial score (nSPS) is 10.5. The second kappa shape index (κ2) is 9.15. The Kier molecular flexibility index (Phi) is 6.91. The maximum Gasteiger partial charge on any atom is 0.337 e. The molecule has 1 aromatic heterocycles. The number of esters is 1. The summed E-state index contributed by atoms with van der Waals surface area (Å²) in [6.07, 6.45) is 3.76. The van der Waals surface area contributed by atoms with Crippen LogP contribution in [0.2, 0.25) is 5.02 Å². The molecule has 0 aliphatic carbocycles. The van der Waals surface area contributed by atoms with Crippen LogP contribution < -0.4 is 10.6 Å². The van der Waals surface area contributed by atoms with Crippen molar-refractivity contribution < 1.29 is 14.3 Å². The second-order valence-electron chi connectivity index (χ2n) is 6.04. The fourth-order valence-electron chi connectivity index (χ4n) is 2.07. The molecule has 0 atom stereocenters. The van der Waals surface area contributed by atoms with Crippen LogP contribution in [0.4, 0.5) is 11.6 Å². The SMILES string of the molecule is COC(=O)c1ccc(Cl)c(Nc2ncc(C(=O)NCCC(C)C)cn2)c1. The van der Waals surface area contributed by atoms with Crippen molar-refractivity contribution in [1.82, 2.24) is 15.3 Å². The van der Waals surface area contributed by atoms with E-state index in [1.165, 1.54) is 19.5 Å². The molecule has 0 saturated carbocycles. The molecule has 0 radical (unpaired) electrons. The molecule has 1 heterocycles. The predicted octanol–water partition coefficient (Wildman–Crippen LogP) is 3.44. The lowest BCUT2D eigenvalue weighted by Crippen LogP contribution is -2.25. The van der Waals surface area contributed by atoms with Gasteiger partial charge in [-0.05, 0) is 30.5 Å². The second-order valence-corrected chi connectivity index (χ2v) is 6.45. The van der Waals surface area contributed by atoms with E-state index in [0.29, 0.717) is 34.3 Å². The number of anilines is 2. The zero-order valence-corrected chi connectivity index (χ0v) is 15.6. The minimum Gasteiger partial charge on any atom is -0.465 e. The van der Waals surface area contributed by atoms with Crippen molar-refractivity contribution in [3.63, 3.8) is 0 Å². The molecule has 2 N–H and O–H groups in total. The number of halogens is 1. The molecule has 1 aromatic carbocycles. The summed E-state index contributed by atoms with van der Waals surface area (Å²) in [5, 5.41) is 6.15. The van der Waals surface area contributed by atoms with E-state index >= 15 is 0 Å². The highest BCUT2D eigenvalue weighted by Gasteiger charge is 2.11. The summed E-state index contributed by atoms with van der Waals surface area (Å²) in [4.78, 5) is 31.9. The van der Waals surface area contributed by atoms with Crippen molar-refractivity contribution >= 4 is 35.1 Å². The first kappa shape index (κ1) is 19.7. The first-order valence-corrected chi connectivity index (χ1v) is 8.53. The number of methoxy groups -OCH3 is 1. The van der Waals surface area contributed by atoms with Crippen molar-refractivity contribution in [3.05, 3.63) is 46.7 Å². The minimum absolute atomic E-state index is 0.220. The Morgan fingerprint density at radius 3 is 2.50 bits per heavy atom. The molecule has 0 fully saturated rings. The smallest absolute Gasteiger partial charge is 0.337 e. The molecule has 0 saturated heterocycles. The number of benzene rings is 1. The Labute approximate surface area is 157 Å². The van der Waals surface area contributed by atoms with Crippen molar-refractivity contribution in [1.29, 1.82) is 0 Å². The van der Waals surface area contributed by atoms with Crippen LogP contribution in [0.5, 0.6) is 0 Å². The van der Waals surface area contributed by atoms with Crippen LogP contribution in [0.15, 0.2) is 30.6 Å². The summed E-state index contributed by atoms with van der Waals surface area (Å²) >= 11 is 6.12. The molecular weight excluding hydrogens is 356 g/mol. The Morgan fingerprint density at radius 1 is 1.19 bits per heavy atom. The summed E-state index contributed by atoms with van der Waals surface area (Å²) in [5.74, 6) is 0.0817. The number of hydrogen-bond donors (Lipinski definition) is 2. The van der Waals surface area contributed by atoms with E-state index in [2.05, 4.69) is 39.2 Å². The first-order valence-electron chi connectivity index (χ1n) is 8.16. The molecule has 0 bridgehead atoms. The van der Waals surface area contributed by atoms with Gasteiger partial charge in [-0.1, -0.05) is 25.4 Å². The van der Waals surface area contributed by atoms with E-state index in [0.717, 1.165) is 6.42 Å². The number of amides is 1. The fourth-order valence-corrected chi connectivity index (χ4v) is 2.24. The van der Waals surface area contributed by atoms with Crippen LogP contribution in [0.25, 0.3) is 0 Å². The summed E-state index contributed by atoms with van der Waals surface area (Å²) in [6.45, 7) is 4.79. The van der Waals surface area contributed by atoms with E-state index in [1.807, 2.05) is 0 Å². The van der Waals surface area contributed by atoms with Crippen LogP contribution in [-0.4, -0.2) is 35.5 Å². The van der Waals surface area contributed by atoms with Gasteiger partial charge >= 0.3 is 5.97 Å². The third-order valence-electron chi connectivity index (χ3n) is 3.56. The number of hydrogen-bond acceptors (Lipinski definition) is 6. The van der Waals surface area contributed by atoms with Gasteiger partial charge in [0.15, 0.2) is 0 Å². The van der Waals surface area contributed by atoms with Crippen molar-refractivity contribution in [3.8, 4) is 0 Å². The van der Waals surface area contributed by atoms with Crippen molar-refractivity contribution in [2.24, 2.45) is 5.92 Å². The van der Waals surface area contributed by atoms with Gasteiger partial charge in [0, 0.05) is 18.9 Å². The number of carbonyl (C=O) groups excluding carboxylic acids is 2. The van der Waals surface area contributed by atoms with Gasteiger partial charge < -0.3 is 15.4 Å². The molecule has 7 nitrogen and oxygen atoms in total. The van der Waals surface area contributed by atoms with E-state index in [-0.39, 0.29) is 11.9 Å². The maximum absolute atomic E-state index is 12.0. The Bertz CT molecular complexity index is 779. The topological polar surface area (TPSA) is 93.2 Å². The zero-order valence-electron chi connectivity index (χ0n) is 14.9. The molecule has 8 heteroatoms. The monoisotopic (exact) mass is 376 g/mol. The lowest BCUT2D eigenvalue weighted by molar-refractivity contribution is 0.0600. The molecule has 0 unspecified atom stereocenters. The highest BCUT2D eigenvalue weighted by atomic mass is 35.5. The van der Waals surface area contributed by atoms with Gasteiger partial charge in [-0.3, -0.25) is 4.79 Å². The third kappa shape index (κ3) is 5.42. The van der Waals surface area contributed by atoms with Crippen LogP contribution in [-0.2, 0) is 4.74 Å². The average Bonchev–Trinajstić information content (AvgIpc) is 2.63. The summed E-state index contributed by atoms with van der Waals surface area (Å²) in [6, 6.07) is 4.68. The number of nitrogens with zero attached hydrogens (tertiary/aromatic N) is 2. The lowest BCUT2D eigenvalue weighted by atomic mass is 10.1. The van der Waals surface area contributed by atoms with Gasteiger partial charge in [0.2, 0.25) is 5.95 Å². The van der Waals surface area contributed by atoms with Gasteiger partial charge in [0.05, 0.1) is 28.9 Å². The largest absolute Gasteiger partial charge is 0.465 e. The molecule has 0 aliphatic heterocycles. The van der Waals surface area contributed by atoms with E-state index in [1.54, 1.807) is 18.2 Å². The number of rotatable bonds is 7. The highest BCUT2D eigenvalue weighted by Crippen LogP contribution is 2.25. The van der Waals surface area contributed by atoms with Gasteiger partial charge in [-0.2, -0.15) is 0 Å². The molecule has 138 valence electrons. The molecule has 2 rings (SSSR count). The molecule has 0 aliphatic rings. The molecule has 2 aromatic rings. The van der Waals surface area contributed by atoms with Gasteiger partial charge in [0.1, 0.15) is 0 Å². The molecule has 1 amide bonds. The van der Waals surface area contributed by atoms with E-state index < -0.39 is 5.97 Å². The van der Waals surface area contributed by atoms with Crippen molar-refractivity contribution in [2.45, 2.75) is 20.3 Å². The lowest BCUT2D eigenvalue weighted by Gasteiger charge is -2.09. The van der Waals surface area contributed by atoms with Crippen LogP contribution in [0.3, 0.4) is 0 Å². The number of nitrogens with one attached hydrogen (secondary N) is 2. The maximum atomic E-state index is 12.0. The standard InChI is InChI=1S/C18H21ClN4O3/c1-11(2)6-7-20-16(24)13-9-21-18(22-10-13)23-15-8-12(17(25)26-3)4-5-14(15)19/h4-5,8-11H,6-7H2,1-3H3,(H,20,24)(H,21,22,23). The Morgan fingerprint density at radius 2 is 1.88 bits per heavy atom. The van der Waals surface area contributed by atoms with Crippen LogP contribution >= 0.6 is 11.6 Å². The minimum atomic E-state index is -0.473. The predicted molar refractivity (Wildman–Crippen MR) is 99.9 cm³/mol. The van der Waals surface area contributed by atoms with Crippen LogP contribution in [0.1, 0.15) is 41.0 Å². The zero-order chi connectivity index (χ0) is 19.1. The quantitative estimate of drug-likeness (QED) is 0.719. The van der Waals surface area contributed by atoms with Crippen LogP contribution in [0, 0.1) is 5.92 Å². The fraction of sp³-hybridized carbons (Fsp3) is 0.333. The highest BCUT2D eigenvalue weighted by molar-refractivity contribution is 6.33. The summed E-state index contributed by atoms with van der Waals surface area (Å²) in [7, 11) is 1.30. The van der Waals surface area contributed by atoms with E-state index in [9.17, 15) is 9.59 Å².